The molecule has 0 aliphatic rings. The Hall–Kier alpha value is -1.50. The summed E-state index contributed by atoms with van der Waals surface area (Å²) in [6.45, 7) is 0. The molecule has 0 bridgehead atoms. The molecule has 0 saturated carbocycles. The zero-order valence-electron chi connectivity index (χ0n) is 5.24. The Morgan fingerprint density at radius 1 is 1.73 bits per heavy atom. The fraction of sp³-hybridized carbons (Fsp3) is 0. The highest BCUT2D eigenvalue weighted by molar-refractivity contribution is 7.71. The number of nitrogens with zero attached hydrogens (tertiary/aromatic N) is 3. The van der Waals surface area contributed by atoms with Crippen LogP contribution in [0, 0.1) is 4.77 Å². The average molecular weight is 171 g/mol. The van der Waals surface area contributed by atoms with Crippen LogP contribution in [-0.2, 0) is 0 Å². The molecule has 0 aromatic carbocycles. The second-order valence-electron chi connectivity index (χ2n) is 1.87. The first kappa shape index (κ1) is 6.23. The molecule has 0 aliphatic carbocycles. The lowest BCUT2D eigenvalue weighted by molar-refractivity contribution is 0.832. The van der Waals surface area contributed by atoms with Gasteiger partial charge in [0.05, 0.1) is 0 Å². The third kappa shape index (κ3) is 0.855. The number of hydrogen-bond acceptors (Lipinski definition) is 4. The van der Waals surface area contributed by atoms with E-state index in [1.54, 1.807) is 0 Å². The number of rotatable bonds is 0. The standard InChI is InChI=1S/C4H3N5OS.H2/c10-4-8-3(11)7-2-5-1-6-9(2)4;/h1H,(H2,5,6,7,8,10,11);1H. The van der Waals surface area contributed by atoms with Crippen molar-refractivity contribution in [2.45, 2.75) is 0 Å². The van der Waals surface area contributed by atoms with E-state index in [0.717, 1.165) is 4.52 Å². The quantitative estimate of drug-likeness (QED) is 0.534. The summed E-state index contributed by atoms with van der Waals surface area (Å²) in [5, 5.41) is 2.57. The zero-order chi connectivity index (χ0) is 7.84. The van der Waals surface area contributed by atoms with Gasteiger partial charge in [0.1, 0.15) is 6.33 Å². The number of H-pyrrole nitrogens is 2. The van der Waals surface area contributed by atoms with E-state index in [9.17, 15) is 4.79 Å². The number of aromatic amines is 2. The van der Waals surface area contributed by atoms with Gasteiger partial charge in [-0.25, -0.2) is 4.79 Å². The maximum atomic E-state index is 11.0. The molecule has 2 aromatic heterocycles. The molecule has 7 heteroatoms. The Kier molecular flexibility index (Phi) is 1.13. The van der Waals surface area contributed by atoms with Crippen LogP contribution in [0.3, 0.4) is 0 Å². The van der Waals surface area contributed by atoms with Gasteiger partial charge in [-0.05, 0) is 12.2 Å². The molecule has 0 unspecified atom stereocenters. The van der Waals surface area contributed by atoms with E-state index in [1.807, 2.05) is 0 Å². The molecular weight excluding hydrogens is 166 g/mol. The molecule has 0 aliphatic heterocycles. The molecule has 0 atom stereocenters. The largest absolute Gasteiger partial charge is 0.349 e. The molecule has 2 aromatic rings. The van der Waals surface area contributed by atoms with Crippen LogP contribution in [-0.4, -0.2) is 24.6 Å². The van der Waals surface area contributed by atoms with Crippen LogP contribution in [0.2, 0.25) is 0 Å². The lowest BCUT2D eigenvalue weighted by Gasteiger charge is -1.86. The van der Waals surface area contributed by atoms with E-state index in [-0.39, 0.29) is 17.7 Å². The maximum Gasteiger partial charge on any atom is 0.349 e. The minimum absolute atomic E-state index is 0. The van der Waals surface area contributed by atoms with Gasteiger partial charge >= 0.3 is 5.69 Å². The fourth-order valence-electron chi connectivity index (χ4n) is 0.754. The van der Waals surface area contributed by atoms with Crippen molar-refractivity contribution >= 4 is 18.0 Å². The first-order valence-corrected chi connectivity index (χ1v) is 3.21. The zero-order valence-corrected chi connectivity index (χ0v) is 6.05. The third-order valence-corrected chi connectivity index (χ3v) is 1.38. The Balaban J connectivity index is 0.000000720. The Morgan fingerprint density at radius 2 is 2.55 bits per heavy atom. The van der Waals surface area contributed by atoms with Crippen molar-refractivity contribution in [3.05, 3.63) is 21.6 Å². The molecule has 0 saturated heterocycles. The van der Waals surface area contributed by atoms with Gasteiger partial charge < -0.3 is 0 Å². The second-order valence-corrected chi connectivity index (χ2v) is 2.26. The van der Waals surface area contributed by atoms with E-state index < -0.39 is 0 Å². The topological polar surface area (TPSA) is 78.8 Å². The summed E-state index contributed by atoms with van der Waals surface area (Å²) < 4.78 is 1.30. The molecular formula is C4H5N5OS. The molecule has 58 valence electrons. The van der Waals surface area contributed by atoms with Crippen molar-refractivity contribution in [3.8, 4) is 0 Å². The second kappa shape index (κ2) is 1.99. The first-order chi connectivity index (χ1) is 5.27. The minimum Gasteiger partial charge on any atom is -0.281 e. The monoisotopic (exact) mass is 171 g/mol. The number of nitrogens with one attached hydrogen (secondary N) is 2. The predicted octanol–water partition coefficient (Wildman–Crippen LogP) is -0.279. The highest BCUT2D eigenvalue weighted by Crippen LogP contribution is 1.83. The van der Waals surface area contributed by atoms with E-state index in [0.29, 0.717) is 0 Å². The van der Waals surface area contributed by atoms with Gasteiger partial charge in [-0.1, -0.05) is 0 Å². The van der Waals surface area contributed by atoms with Crippen LogP contribution in [0.15, 0.2) is 11.1 Å². The Labute approximate surface area is 66.4 Å². The lowest BCUT2D eigenvalue weighted by Crippen LogP contribution is -2.18. The van der Waals surface area contributed by atoms with Crippen molar-refractivity contribution < 1.29 is 1.43 Å². The van der Waals surface area contributed by atoms with Gasteiger partial charge in [0.15, 0.2) is 0 Å². The lowest BCUT2D eigenvalue weighted by atomic mass is 11.0. The highest BCUT2D eigenvalue weighted by atomic mass is 32.1. The van der Waals surface area contributed by atoms with Gasteiger partial charge in [-0.15, -0.1) is 0 Å². The maximum absolute atomic E-state index is 11.0. The van der Waals surface area contributed by atoms with Crippen molar-refractivity contribution in [2.24, 2.45) is 0 Å². The van der Waals surface area contributed by atoms with E-state index in [4.69, 9.17) is 0 Å². The SMILES string of the molecule is O=c1[nH]c(=S)nc2nc[nH]n12.[HH]. The summed E-state index contributed by atoms with van der Waals surface area (Å²) in [6.07, 6.45) is 1.37. The van der Waals surface area contributed by atoms with Crippen LogP contribution in [0.1, 0.15) is 1.43 Å². The summed E-state index contributed by atoms with van der Waals surface area (Å²) >= 11 is 4.66. The smallest absolute Gasteiger partial charge is 0.281 e. The summed E-state index contributed by atoms with van der Waals surface area (Å²) in [5.74, 6) is 0.277. The van der Waals surface area contributed by atoms with E-state index >= 15 is 0 Å². The molecule has 2 N–H and O–H groups in total. The molecule has 2 heterocycles. The highest BCUT2D eigenvalue weighted by Gasteiger charge is 1.96. The molecule has 11 heavy (non-hydrogen) atoms. The Morgan fingerprint density at radius 3 is 3.36 bits per heavy atom. The van der Waals surface area contributed by atoms with Gasteiger partial charge in [0.25, 0.3) is 5.78 Å². The van der Waals surface area contributed by atoms with Gasteiger partial charge in [0.2, 0.25) is 4.77 Å². The van der Waals surface area contributed by atoms with Gasteiger partial charge in [-0.3, -0.25) is 10.1 Å². The average Bonchev–Trinajstić information content (AvgIpc) is 2.34. The first-order valence-electron chi connectivity index (χ1n) is 2.80. The van der Waals surface area contributed by atoms with Crippen molar-refractivity contribution in [2.75, 3.05) is 0 Å². The molecule has 0 radical (unpaired) electrons. The summed E-state index contributed by atoms with van der Waals surface area (Å²) in [5.41, 5.74) is -0.363. The van der Waals surface area contributed by atoms with E-state index in [2.05, 4.69) is 32.3 Å². The van der Waals surface area contributed by atoms with Crippen LogP contribution < -0.4 is 5.69 Å². The fourth-order valence-corrected chi connectivity index (χ4v) is 0.923. The van der Waals surface area contributed by atoms with Gasteiger partial charge in [0, 0.05) is 1.43 Å². The summed E-state index contributed by atoms with van der Waals surface area (Å²) in [4.78, 5) is 20.9. The van der Waals surface area contributed by atoms with Crippen molar-refractivity contribution in [1.82, 2.24) is 24.6 Å². The molecule has 6 nitrogen and oxygen atoms in total. The van der Waals surface area contributed by atoms with Crippen molar-refractivity contribution in [3.63, 3.8) is 0 Å². The van der Waals surface area contributed by atoms with Crippen LogP contribution in [0.4, 0.5) is 0 Å². The van der Waals surface area contributed by atoms with Crippen molar-refractivity contribution in [1.29, 1.82) is 0 Å². The van der Waals surface area contributed by atoms with Crippen LogP contribution in [0.25, 0.3) is 5.78 Å². The molecule has 0 fully saturated rings. The predicted molar refractivity (Wildman–Crippen MR) is 40.9 cm³/mol. The Bertz CT molecular complexity index is 498. The molecule has 0 amide bonds. The summed E-state index contributed by atoms with van der Waals surface area (Å²) in [7, 11) is 0. The van der Waals surface area contributed by atoms with Gasteiger partial charge in [-0.2, -0.15) is 14.5 Å². The minimum atomic E-state index is -0.363. The van der Waals surface area contributed by atoms with Crippen LogP contribution >= 0.6 is 12.2 Å². The number of aromatic nitrogens is 5. The van der Waals surface area contributed by atoms with E-state index in [1.165, 1.54) is 6.33 Å². The number of hydrogen-bond donors (Lipinski definition) is 2. The third-order valence-electron chi connectivity index (χ3n) is 1.19. The molecule has 2 rings (SSSR count). The van der Waals surface area contributed by atoms with Crippen LogP contribution in [0.5, 0.6) is 0 Å². The number of fused-ring (bicyclic) bond motifs is 1. The summed E-state index contributed by atoms with van der Waals surface area (Å²) in [6, 6.07) is 0. The normalized spacial score (nSPS) is 10.5. The molecule has 0 spiro atoms.